The quantitative estimate of drug-likeness (QED) is 0.493. The second kappa shape index (κ2) is 6.87. The molecule has 118 valence electrons. The normalized spacial score (nSPS) is 12.9. The van der Waals surface area contributed by atoms with Gasteiger partial charge in [-0.05, 0) is 24.3 Å². The summed E-state index contributed by atoms with van der Waals surface area (Å²) in [6.45, 7) is 1.01. The van der Waals surface area contributed by atoms with Crippen molar-refractivity contribution in [2.45, 2.75) is 0 Å². The van der Waals surface area contributed by atoms with Crippen LogP contribution in [0.5, 0.6) is 23.0 Å². The third-order valence-corrected chi connectivity index (χ3v) is 3.27. The molecule has 1 heterocycles. The standard InChI is InChI=1S/C18H16O5/c1-20-15-5-3-2-4-13(15)6-9-18(19)23-14-7-8-16-17(12-14)22-11-10-21-16/h2-9,12H,10-11H2,1H3/b9-6+. The van der Waals surface area contributed by atoms with Gasteiger partial charge < -0.3 is 18.9 Å². The van der Waals surface area contributed by atoms with E-state index in [0.29, 0.717) is 36.2 Å². The molecule has 0 aromatic heterocycles. The second-order valence-corrected chi connectivity index (χ2v) is 4.80. The molecule has 0 amide bonds. The molecule has 5 nitrogen and oxygen atoms in total. The predicted octanol–water partition coefficient (Wildman–Crippen LogP) is 3.09. The molecule has 0 spiro atoms. The molecule has 3 rings (SSSR count). The highest BCUT2D eigenvalue weighted by atomic mass is 16.6. The van der Waals surface area contributed by atoms with Crippen LogP contribution < -0.4 is 18.9 Å². The van der Waals surface area contributed by atoms with Crippen molar-refractivity contribution < 1.29 is 23.7 Å². The minimum absolute atomic E-state index is 0.406. The van der Waals surface area contributed by atoms with Gasteiger partial charge in [0.2, 0.25) is 0 Å². The fourth-order valence-electron chi connectivity index (χ4n) is 2.20. The van der Waals surface area contributed by atoms with Crippen LogP contribution in [0.15, 0.2) is 48.5 Å². The molecular formula is C18H16O5. The number of rotatable bonds is 4. The minimum atomic E-state index is -0.479. The van der Waals surface area contributed by atoms with Gasteiger partial charge in [0.05, 0.1) is 7.11 Å². The molecule has 2 aromatic carbocycles. The molecule has 0 unspecified atom stereocenters. The van der Waals surface area contributed by atoms with Crippen LogP contribution in [0.25, 0.3) is 6.08 Å². The molecule has 0 bridgehead atoms. The molecule has 0 radical (unpaired) electrons. The van der Waals surface area contributed by atoms with E-state index in [2.05, 4.69) is 0 Å². The van der Waals surface area contributed by atoms with Crippen LogP contribution in [0.1, 0.15) is 5.56 Å². The predicted molar refractivity (Wildman–Crippen MR) is 85.1 cm³/mol. The summed E-state index contributed by atoms with van der Waals surface area (Å²) in [6, 6.07) is 12.4. The Labute approximate surface area is 134 Å². The first-order valence-electron chi connectivity index (χ1n) is 7.19. The van der Waals surface area contributed by atoms with Gasteiger partial charge in [-0.2, -0.15) is 0 Å². The summed E-state index contributed by atoms with van der Waals surface area (Å²) in [5.74, 6) is 1.85. The topological polar surface area (TPSA) is 54.0 Å². The number of benzene rings is 2. The van der Waals surface area contributed by atoms with Crippen LogP contribution in [0, 0.1) is 0 Å². The van der Waals surface area contributed by atoms with Gasteiger partial charge in [0.15, 0.2) is 11.5 Å². The molecule has 0 atom stereocenters. The average Bonchev–Trinajstić information content (AvgIpc) is 2.60. The number of esters is 1. The Morgan fingerprint density at radius 3 is 2.70 bits per heavy atom. The molecule has 0 saturated heterocycles. The summed E-state index contributed by atoms with van der Waals surface area (Å²) >= 11 is 0. The highest BCUT2D eigenvalue weighted by molar-refractivity contribution is 5.89. The van der Waals surface area contributed by atoms with E-state index in [1.165, 1.54) is 6.08 Å². The first kappa shape index (κ1) is 15.0. The Morgan fingerprint density at radius 1 is 1.09 bits per heavy atom. The maximum absolute atomic E-state index is 11.9. The van der Waals surface area contributed by atoms with Crippen molar-refractivity contribution in [1.29, 1.82) is 0 Å². The van der Waals surface area contributed by atoms with Gasteiger partial charge in [-0.1, -0.05) is 18.2 Å². The van der Waals surface area contributed by atoms with Crippen LogP contribution in [0.2, 0.25) is 0 Å². The first-order valence-corrected chi connectivity index (χ1v) is 7.19. The van der Waals surface area contributed by atoms with Gasteiger partial charge in [0, 0.05) is 17.7 Å². The third-order valence-electron chi connectivity index (χ3n) is 3.27. The number of fused-ring (bicyclic) bond motifs is 1. The first-order chi connectivity index (χ1) is 11.3. The number of carbonyl (C=O) groups is 1. The Kier molecular flexibility index (Phi) is 4.47. The number of hydrogen-bond donors (Lipinski definition) is 0. The van der Waals surface area contributed by atoms with Gasteiger partial charge in [-0.25, -0.2) is 4.79 Å². The van der Waals surface area contributed by atoms with Crippen molar-refractivity contribution in [3.8, 4) is 23.0 Å². The smallest absolute Gasteiger partial charge is 0.336 e. The SMILES string of the molecule is COc1ccccc1/C=C/C(=O)Oc1ccc2c(c1)OCCO2. The zero-order chi connectivity index (χ0) is 16.1. The largest absolute Gasteiger partial charge is 0.496 e. The summed E-state index contributed by atoms with van der Waals surface area (Å²) in [7, 11) is 1.58. The molecule has 0 N–H and O–H groups in total. The van der Waals surface area contributed by atoms with Crippen molar-refractivity contribution >= 4 is 12.0 Å². The summed E-state index contributed by atoms with van der Waals surface area (Å²) in [6.07, 6.45) is 3.01. The number of methoxy groups -OCH3 is 1. The molecule has 0 aliphatic carbocycles. The fraction of sp³-hybridized carbons (Fsp3) is 0.167. The van der Waals surface area contributed by atoms with E-state index < -0.39 is 5.97 Å². The summed E-state index contributed by atoms with van der Waals surface area (Å²) in [4.78, 5) is 11.9. The van der Waals surface area contributed by atoms with Crippen LogP contribution in [-0.4, -0.2) is 26.3 Å². The van der Waals surface area contributed by atoms with Crippen LogP contribution >= 0.6 is 0 Å². The lowest BCUT2D eigenvalue weighted by Gasteiger charge is -2.18. The molecule has 0 saturated carbocycles. The van der Waals surface area contributed by atoms with Crippen molar-refractivity contribution in [2.24, 2.45) is 0 Å². The fourth-order valence-corrected chi connectivity index (χ4v) is 2.20. The highest BCUT2D eigenvalue weighted by Gasteiger charge is 2.13. The number of ether oxygens (including phenoxy) is 4. The second-order valence-electron chi connectivity index (χ2n) is 4.80. The van der Waals surface area contributed by atoms with E-state index in [-0.39, 0.29) is 0 Å². The molecule has 1 aliphatic heterocycles. The maximum atomic E-state index is 11.9. The Morgan fingerprint density at radius 2 is 1.87 bits per heavy atom. The summed E-state index contributed by atoms with van der Waals surface area (Å²) < 4.78 is 21.4. The van der Waals surface area contributed by atoms with Gasteiger partial charge in [-0.15, -0.1) is 0 Å². The van der Waals surface area contributed by atoms with Crippen molar-refractivity contribution in [3.63, 3.8) is 0 Å². The van der Waals surface area contributed by atoms with E-state index in [0.717, 1.165) is 5.56 Å². The lowest BCUT2D eigenvalue weighted by molar-refractivity contribution is -0.128. The van der Waals surface area contributed by atoms with E-state index in [1.807, 2.05) is 24.3 Å². The Balaban J connectivity index is 1.68. The van der Waals surface area contributed by atoms with Crippen molar-refractivity contribution in [3.05, 3.63) is 54.1 Å². The molecule has 0 fully saturated rings. The maximum Gasteiger partial charge on any atom is 0.336 e. The van der Waals surface area contributed by atoms with E-state index in [9.17, 15) is 4.79 Å². The number of para-hydroxylation sites is 1. The molecular weight excluding hydrogens is 296 g/mol. The van der Waals surface area contributed by atoms with E-state index in [4.69, 9.17) is 18.9 Å². The van der Waals surface area contributed by atoms with Gasteiger partial charge >= 0.3 is 5.97 Å². The summed E-state index contributed by atoms with van der Waals surface area (Å²) in [5.41, 5.74) is 0.800. The monoisotopic (exact) mass is 312 g/mol. The van der Waals surface area contributed by atoms with Crippen LogP contribution in [0.3, 0.4) is 0 Å². The highest BCUT2D eigenvalue weighted by Crippen LogP contribution is 2.33. The molecule has 5 heteroatoms. The molecule has 23 heavy (non-hydrogen) atoms. The van der Waals surface area contributed by atoms with Gasteiger partial charge in [0.1, 0.15) is 24.7 Å². The summed E-state index contributed by atoms with van der Waals surface area (Å²) in [5, 5.41) is 0. The Hall–Kier alpha value is -2.95. The van der Waals surface area contributed by atoms with Crippen molar-refractivity contribution in [1.82, 2.24) is 0 Å². The van der Waals surface area contributed by atoms with E-state index >= 15 is 0 Å². The van der Waals surface area contributed by atoms with E-state index in [1.54, 1.807) is 31.4 Å². The van der Waals surface area contributed by atoms with Crippen molar-refractivity contribution in [2.75, 3.05) is 20.3 Å². The number of hydrogen-bond acceptors (Lipinski definition) is 5. The zero-order valence-electron chi connectivity index (χ0n) is 12.7. The minimum Gasteiger partial charge on any atom is -0.496 e. The van der Waals surface area contributed by atoms with Gasteiger partial charge in [0.25, 0.3) is 0 Å². The molecule has 2 aromatic rings. The average molecular weight is 312 g/mol. The lowest BCUT2D eigenvalue weighted by atomic mass is 10.2. The van der Waals surface area contributed by atoms with Gasteiger partial charge in [-0.3, -0.25) is 0 Å². The van der Waals surface area contributed by atoms with Crippen LogP contribution in [0.4, 0.5) is 0 Å². The lowest BCUT2D eigenvalue weighted by Crippen LogP contribution is -2.15. The zero-order valence-corrected chi connectivity index (χ0v) is 12.7. The van der Waals surface area contributed by atoms with Crippen LogP contribution in [-0.2, 0) is 4.79 Å². The molecule has 1 aliphatic rings. The number of carbonyl (C=O) groups excluding carboxylic acids is 1. The third kappa shape index (κ3) is 3.63. The Bertz CT molecular complexity index is 736.